The average Bonchev–Trinajstić information content (AvgIpc) is 2.88. The molecule has 0 aliphatic carbocycles. The lowest BCUT2D eigenvalue weighted by atomic mass is 10.1. The fourth-order valence-electron chi connectivity index (χ4n) is 3.22. The number of carbonyl (C=O) groups excluding carboxylic acids is 4. The van der Waals surface area contributed by atoms with Gasteiger partial charge in [0.05, 0.1) is 0 Å². The van der Waals surface area contributed by atoms with Gasteiger partial charge in [-0.15, -0.1) is 0 Å². The maximum Gasteiger partial charge on any atom is 0.326 e. The molecule has 2 aliphatic rings. The molecule has 1 N–H and O–H groups in total. The van der Waals surface area contributed by atoms with Crippen molar-refractivity contribution in [3.8, 4) is 0 Å². The van der Waals surface area contributed by atoms with Crippen molar-refractivity contribution < 1.29 is 23.9 Å². The number of carbonyl (C=O) groups is 4. The number of nitrogens with zero attached hydrogens (tertiary/aromatic N) is 3. The van der Waals surface area contributed by atoms with E-state index in [2.05, 4.69) is 10.2 Å². The highest BCUT2D eigenvalue weighted by Gasteiger charge is 2.45. The quantitative estimate of drug-likeness (QED) is 0.572. The van der Waals surface area contributed by atoms with Gasteiger partial charge in [-0.2, -0.15) is 0 Å². The van der Waals surface area contributed by atoms with Crippen LogP contribution >= 0.6 is 0 Å². The molecule has 150 valence electrons. The Morgan fingerprint density at radius 2 is 1.71 bits per heavy atom. The molecule has 28 heavy (non-hydrogen) atoms. The van der Waals surface area contributed by atoms with Crippen LogP contribution in [0.3, 0.4) is 0 Å². The van der Waals surface area contributed by atoms with E-state index in [1.165, 1.54) is 0 Å². The van der Waals surface area contributed by atoms with Crippen LogP contribution in [0, 0.1) is 0 Å². The molecule has 9 heteroatoms. The fraction of sp³-hybridized carbons (Fsp3) is 0.474. The second-order valence-corrected chi connectivity index (χ2v) is 7.31. The third-order valence-electron chi connectivity index (χ3n) is 4.84. The van der Waals surface area contributed by atoms with E-state index in [9.17, 15) is 19.2 Å². The minimum atomic E-state index is -1.05. The number of ether oxygens (including phenoxy) is 1. The zero-order valence-corrected chi connectivity index (χ0v) is 16.0. The lowest BCUT2D eigenvalue weighted by Crippen LogP contribution is -2.50. The van der Waals surface area contributed by atoms with Crippen LogP contribution in [0.1, 0.15) is 13.8 Å². The van der Waals surface area contributed by atoms with E-state index in [1.807, 2.05) is 30.3 Å². The number of esters is 1. The molecule has 2 heterocycles. The molecular formula is C19H24N4O5. The first-order chi connectivity index (χ1) is 13.3. The molecule has 9 nitrogen and oxygen atoms in total. The normalized spacial score (nSPS) is 18.9. The Morgan fingerprint density at radius 1 is 1.07 bits per heavy atom. The number of piperazine rings is 1. The Balaban J connectivity index is 1.43. The maximum atomic E-state index is 12.3. The SMILES string of the molecule is CC1(C)NC(=O)N(CC(=O)OCC(=O)N2CCN(c3ccccc3)CC2)C1=O. The Morgan fingerprint density at radius 3 is 2.29 bits per heavy atom. The van der Waals surface area contributed by atoms with Gasteiger partial charge >= 0.3 is 12.0 Å². The minimum absolute atomic E-state index is 0.293. The molecule has 0 atom stereocenters. The molecule has 0 spiro atoms. The van der Waals surface area contributed by atoms with Crippen molar-refractivity contribution in [2.45, 2.75) is 19.4 Å². The van der Waals surface area contributed by atoms with Gasteiger partial charge in [0.15, 0.2) is 6.61 Å². The maximum absolute atomic E-state index is 12.3. The van der Waals surface area contributed by atoms with Crippen LogP contribution in [-0.2, 0) is 19.1 Å². The molecule has 3 rings (SSSR count). The van der Waals surface area contributed by atoms with Crippen molar-refractivity contribution in [3.63, 3.8) is 0 Å². The standard InChI is InChI=1S/C19H24N4O5/c1-19(2)17(26)23(18(27)20-19)12-16(25)28-13-15(24)22-10-8-21(9-11-22)14-6-4-3-5-7-14/h3-7H,8-13H2,1-2H3,(H,20,27). The summed E-state index contributed by atoms with van der Waals surface area (Å²) in [4.78, 5) is 52.7. The number of nitrogens with one attached hydrogen (secondary N) is 1. The second-order valence-electron chi connectivity index (χ2n) is 7.31. The lowest BCUT2D eigenvalue weighted by molar-refractivity contribution is -0.153. The molecule has 2 saturated heterocycles. The van der Waals surface area contributed by atoms with Crippen LogP contribution in [0.4, 0.5) is 10.5 Å². The van der Waals surface area contributed by atoms with Crippen molar-refractivity contribution in [3.05, 3.63) is 30.3 Å². The van der Waals surface area contributed by atoms with E-state index in [1.54, 1.807) is 18.7 Å². The third kappa shape index (κ3) is 4.24. The van der Waals surface area contributed by atoms with Crippen LogP contribution in [0.25, 0.3) is 0 Å². The van der Waals surface area contributed by atoms with Crippen molar-refractivity contribution in [2.75, 3.05) is 44.2 Å². The van der Waals surface area contributed by atoms with Crippen LogP contribution in [0.5, 0.6) is 0 Å². The van der Waals surface area contributed by atoms with Gasteiger partial charge in [0.25, 0.3) is 11.8 Å². The Kier molecular flexibility index (Phi) is 5.53. The zero-order valence-electron chi connectivity index (χ0n) is 16.0. The first-order valence-corrected chi connectivity index (χ1v) is 9.15. The van der Waals surface area contributed by atoms with Crippen LogP contribution in [0.2, 0.25) is 0 Å². The minimum Gasteiger partial charge on any atom is -0.454 e. The van der Waals surface area contributed by atoms with E-state index >= 15 is 0 Å². The number of rotatable bonds is 5. The number of hydrogen-bond donors (Lipinski definition) is 1. The van der Waals surface area contributed by atoms with Gasteiger partial charge in [-0.3, -0.25) is 19.3 Å². The van der Waals surface area contributed by atoms with Gasteiger partial charge in [-0.1, -0.05) is 18.2 Å². The van der Waals surface area contributed by atoms with Crippen molar-refractivity contribution in [1.82, 2.24) is 15.1 Å². The van der Waals surface area contributed by atoms with Crippen LogP contribution in [-0.4, -0.2) is 78.5 Å². The number of hydrogen-bond acceptors (Lipinski definition) is 6. The summed E-state index contributed by atoms with van der Waals surface area (Å²) in [5.74, 6) is -1.59. The number of para-hydroxylation sites is 1. The molecule has 0 saturated carbocycles. The molecule has 1 aromatic rings. The van der Waals surface area contributed by atoms with E-state index in [0.717, 1.165) is 10.6 Å². The van der Waals surface area contributed by atoms with E-state index < -0.39 is 36.6 Å². The summed E-state index contributed by atoms with van der Waals surface area (Å²) in [7, 11) is 0. The summed E-state index contributed by atoms with van der Waals surface area (Å²) < 4.78 is 4.98. The number of benzene rings is 1. The highest BCUT2D eigenvalue weighted by molar-refractivity contribution is 6.08. The lowest BCUT2D eigenvalue weighted by Gasteiger charge is -2.36. The highest BCUT2D eigenvalue weighted by atomic mass is 16.5. The van der Waals surface area contributed by atoms with Gasteiger partial charge in [-0.05, 0) is 26.0 Å². The number of anilines is 1. The summed E-state index contributed by atoms with van der Waals surface area (Å²) in [5, 5.41) is 2.48. The second kappa shape index (κ2) is 7.87. The first kappa shape index (κ1) is 19.7. The predicted octanol–water partition coefficient (Wildman–Crippen LogP) is 0.209. The van der Waals surface area contributed by atoms with Gasteiger partial charge in [0.2, 0.25) is 0 Å². The Bertz CT molecular complexity index is 772. The predicted molar refractivity (Wildman–Crippen MR) is 101 cm³/mol. The molecular weight excluding hydrogens is 364 g/mol. The molecule has 0 bridgehead atoms. The Hall–Kier alpha value is -3.10. The highest BCUT2D eigenvalue weighted by Crippen LogP contribution is 2.17. The van der Waals surface area contributed by atoms with Crippen molar-refractivity contribution in [2.24, 2.45) is 0 Å². The van der Waals surface area contributed by atoms with Gasteiger partial charge < -0.3 is 19.9 Å². The number of urea groups is 1. The van der Waals surface area contributed by atoms with Crippen molar-refractivity contribution >= 4 is 29.5 Å². The Labute approximate surface area is 163 Å². The summed E-state index contributed by atoms with van der Waals surface area (Å²) in [6.45, 7) is 4.65. The number of imide groups is 1. The average molecular weight is 388 g/mol. The van der Waals surface area contributed by atoms with Crippen LogP contribution in [0.15, 0.2) is 30.3 Å². The number of amides is 4. The molecule has 0 radical (unpaired) electrons. The molecule has 4 amide bonds. The topological polar surface area (TPSA) is 99.3 Å². The van der Waals surface area contributed by atoms with Crippen LogP contribution < -0.4 is 10.2 Å². The first-order valence-electron chi connectivity index (χ1n) is 9.15. The van der Waals surface area contributed by atoms with Gasteiger partial charge in [0, 0.05) is 31.9 Å². The van der Waals surface area contributed by atoms with Gasteiger partial charge in [-0.25, -0.2) is 4.79 Å². The molecule has 1 aromatic carbocycles. The van der Waals surface area contributed by atoms with E-state index in [-0.39, 0.29) is 5.91 Å². The van der Waals surface area contributed by atoms with Gasteiger partial charge in [0.1, 0.15) is 12.1 Å². The molecule has 0 aromatic heterocycles. The van der Waals surface area contributed by atoms with E-state index in [4.69, 9.17) is 4.74 Å². The summed E-state index contributed by atoms with van der Waals surface area (Å²) in [6.07, 6.45) is 0. The monoisotopic (exact) mass is 388 g/mol. The third-order valence-corrected chi connectivity index (χ3v) is 4.84. The largest absolute Gasteiger partial charge is 0.454 e. The smallest absolute Gasteiger partial charge is 0.326 e. The summed E-state index contributed by atoms with van der Waals surface area (Å²) in [5.41, 5.74) is 0.0588. The van der Waals surface area contributed by atoms with Crippen molar-refractivity contribution in [1.29, 1.82) is 0 Å². The molecule has 2 aliphatic heterocycles. The fourth-order valence-corrected chi connectivity index (χ4v) is 3.22. The van der Waals surface area contributed by atoms with E-state index in [0.29, 0.717) is 26.2 Å². The summed E-state index contributed by atoms with van der Waals surface area (Å²) >= 11 is 0. The zero-order chi connectivity index (χ0) is 20.3. The molecule has 0 unspecified atom stereocenters. The molecule has 2 fully saturated rings. The summed E-state index contributed by atoms with van der Waals surface area (Å²) in [6, 6.07) is 9.30.